The fourth-order valence-corrected chi connectivity index (χ4v) is 4.64. The van der Waals surface area contributed by atoms with E-state index in [2.05, 4.69) is 25.9 Å². The molecule has 8 nitrogen and oxygen atoms in total. The third-order valence-corrected chi connectivity index (χ3v) is 6.66. The summed E-state index contributed by atoms with van der Waals surface area (Å²) in [6.07, 6.45) is 3.07. The Morgan fingerprint density at radius 3 is 2.49 bits per heavy atom. The predicted molar refractivity (Wildman–Crippen MR) is 132 cm³/mol. The number of nitrogens with one attached hydrogen (secondary N) is 2. The molecule has 0 bridgehead atoms. The molecule has 0 saturated carbocycles. The number of carbonyl (C=O) groups is 1. The molecule has 4 rings (SSSR count). The average molecular weight is 480 g/mol. The molecule has 35 heavy (non-hydrogen) atoms. The largest absolute Gasteiger partial charge is 0.345 e. The summed E-state index contributed by atoms with van der Waals surface area (Å²) >= 11 is 0. The van der Waals surface area contributed by atoms with Crippen molar-refractivity contribution in [3.63, 3.8) is 0 Å². The van der Waals surface area contributed by atoms with Crippen molar-refractivity contribution in [2.45, 2.75) is 65.5 Å². The minimum atomic E-state index is -0.222. The Kier molecular flexibility index (Phi) is 7.57. The second-order valence-corrected chi connectivity index (χ2v) is 9.47. The third kappa shape index (κ3) is 5.91. The quantitative estimate of drug-likeness (QED) is 0.515. The molecule has 0 radical (unpaired) electrons. The van der Waals surface area contributed by atoms with E-state index in [-0.39, 0.29) is 17.8 Å². The summed E-state index contributed by atoms with van der Waals surface area (Å²) in [5.74, 6) is 0.380. The van der Waals surface area contributed by atoms with Crippen LogP contribution < -0.4 is 10.9 Å². The second kappa shape index (κ2) is 10.6. The van der Waals surface area contributed by atoms with Crippen molar-refractivity contribution in [1.82, 2.24) is 35.5 Å². The minimum absolute atomic E-state index is 0.0683. The molecule has 1 fully saturated rings. The van der Waals surface area contributed by atoms with Gasteiger partial charge in [-0.25, -0.2) is 19.0 Å². The molecule has 0 aliphatic carbocycles. The molecule has 1 aliphatic heterocycles. The van der Waals surface area contributed by atoms with Crippen LogP contribution in [0.2, 0.25) is 0 Å². The van der Waals surface area contributed by atoms with Crippen molar-refractivity contribution >= 4 is 5.91 Å². The molecular formula is C26H34FN7O. The normalized spacial score (nSPS) is 17.7. The number of carbonyl (C=O) groups excluding carboxylic acids is 1. The van der Waals surface area contributed by atoms with E-state index in [9.17, 15) is 9.18 Å². The lowest BCUT2D eigenvalue weighted by Gasteiger charge is -2.18. The van der Waals surface area contributed by atoms with E-state index in [4.69, 9.17) is 0 Å². The van der Waals surface area contributed by atoms with Crippen LogP contribution in [0.3, 0.4) is 0 Å². The summed E-state index contributed by atoms with van der Waals surface area (Å²) in [5.41, 5.74) is 12.1. The van der Waals surface area contributed by atoms with Gasteiger partial charge >= 0.3 is 0 Å². The standard InChI is InChI=1S/C26H34FN7O/c1-16-13-17(2)29-26(28-16)34-19(4)23(18(3)32-34)15-25(35)33(5)12-6-7-22-14-24(31-30-22)20-8-10-21(27)11-9-20/h8-11,13,22,24,30-31H,6-7,12,14-15H2,1-5H3. The molecule has 3 aromatic rings. The molecule has 1 aliphatic rings. The first kappa shape index (κ1) is 24.9. The van der Waals surface area contributed by atoms with Crippen LogP contribution in [0.5, 0.6) is 0 Å². The zero-order valence-corrected chi connectivity index (χ0v) is 21.1. The fourth-order valence-electron chi connectivity index (χ4n) is 4.64. The summed E-state index contributed by atoms with van der Waals surface area (Å²) in [5, 5.41) is 4.61. The lowest BCUT2D eigenvalue weighted by Crippen LogP contribution is -2.33. The van der Waals surface area contributed by atoms with E-state index in [0.29, 0.717) is 25.0 Å². The lowest BCUT2D eigenvalue weighted by atomic mass is 9.99. The van der Waals surface area contributed by atoms with Gasteiger partial charge in [0.25, 0.3) is 5.95 Å². The molecule has 2 unspecified atom stereocenters. The van der Waals surface area contributed by atoms with Gasteiger partial charge in [-0.2, -0.15) is 5.10 Å². The lowest BCUT2D eigenvalue weighted by molar-refractivity contribution is -0.129. The van der Waals surface area contributed by atoms with Crippen LogP contribution in [0.15, 0.2) is 30.3 Å². The van der Waals surface area contributed by atoms with E-state index in [1.54, 1.807) is 9.58 Å². The molecule has 2 N–H and O–H groups in total. The van der Waals surface area contributed by atoms with E-state index >= 15 is 0 Å². The number of hydrogen-bond acceptors (Lipinski definition) is 6. The number of nitrogens with zero attached hydrogens (tertiary/aromatic N) is 5. The topological polar surface area (TPSA) is 88.0 Å². The summed E-state index contributed by atoms with van der Waals surface area (Å²) < 4.78 is 14.9. The van der Waals surface area contributed by atoms with Gasteiger partial charge in [-0.3, -0.25) is 15.6 Å². The van der Waals surface area contributed by atoms with Crippen LogP contribution >= 0.6 is 0 Å². The van der Waals surface area contributed by atoms with Gasteiger partial charge < -0.3 is 4.90 Å². The molecule has 3 heterocycles. The monoisotopic (exact) mass is 479 g/mol. The van der Waals surface area contributed by atoms with Crippen LogP contribution in [0.1, 0.15) is 59.2 Å². The second-order valence-electron chi connectivity index (χ2n) is 9.47. The summed E-state index contributed by atoms with van der Waals surface area (Å²) in [6.45, 7) is 8.43. The maximum Gasteiger partial charge on any atom is 0.251 e. The highest BCUT2D eigenvalue weighted by Crippen LogP contribution is 2.24. The van der Waals surface area contributed by atoms with Crippen LogP contribution in [0.25, 0.3) is 5.95 Å². The molecule has 1 aromatic carbocycles. The van der Waals surface area contributed by atoms with Gasteiger partial charge in [0.1, 0.15) is 5.82 Å². The number of aryl methyl sites for hydroxylation is 3. The Balaban J connectivity index is 1.29. The van der Waals surface area contributed by atoms with Crippen molar-refractivity contribution in [2.24, 2.45) is 0 Å². The number of hydrogen-bond donors (Lipinski definition) is 2. The Labute approximate surface area is 205 Å². The zero-order valence-electron chi connectivity index (χ0n) is 21.1. The van der Waals surface area contributed by atoms with Crippen molar-refractivity contribution in [3.8, 4) is 5.95 Å². The summed E-state index contributed by atoms with van der Waals surface area (Å²) in [7, 11) is 1.85. The molecule has 186 valence electrons. The summed E-state index contributed by atoms with van der Waals surface area (Å²) in [6, 6.07) is 9.04. The number of aromatic nitrogens is 4. The van der Waals surface area contributed by atoms with E-state index in [1.807, 2.05) is 52.9 Å². The van der Waals surface area contributed by atoms with Gasteiger partial charge in [-0.05, 0) is 70.7 Å². The smallest absolute Gasteiger partial charge is 0.251 e. The maximum atomic E-state index is 13.2. The number of benzene rings is 1. The van der Waals surface area contributed by atoms with Gasteiger partial charge in [0.15, 0.2) is 0 Å². The van der Waals surface area contributed by atoms with Crippen LogP contribution in [0.4, 0.5) is 4.39 Å². The zero-order chi connectivity index (χ0) is 25.1. The molecule has 1 saturated heterocycles. The van der Waals surface area contributed by atoms with Gasteiger partial charge in [0.2, 0.25) is 5.91 Å². The Morgan fingerprint density at radius 1 is 1.11 bits per heavy atom. The number of hydrazine groups is 1. The number of amides is 1. The van der Waals surface area contributed by atoms with Gasteiger partial charge in [0.05, 0.1) is 12.1 Å². The van der Waals surface area contributed by atoms with Crippen LogP contribution in [-0.4, -0.2) is 50.2 Å². The van der Waals surface area contributed by atoms with Crippen molar-refractivity contribution in [1.29, 1.82) is 0 Å². The first-order chi connectivity index (χ1) is 16.7. The Bertz CT molecular complexity index is 1170. The minimum Gasteiger partial charge on any atom is -0.345 e. The maximum absolute atomic E-state index is 13.2. The number of rotatable bonds is 8. The summed E-state index contributed by atoms with van der Waals surface area (Å²) in [4.78, 5) is 23.8. The first-order valence-electron chi connectivity index (χ1n) is 12.1. The van der Waals surface area contributed by atoms with Crippen LogP contribution in [0, 0.1) is 33.5 Å². The van der Waals surface area contributed by atoms with Crippen molar-refractivity contribution in [3.05, 3.63) is 70.1 Å². The molecule has 2 atom stereocenters. The van der Waals surface area contributed by atoms with Gasteiger partial charge in [0, 0.05) is 48.3 Å². The average Bonchev–Trinajstić information content (AvgIpc) is 3.39. The highest BCUT2D eigenvalue weighted by Gasteiger charge is 2.25. The number of likely N-dealkylation sites (N-methyl/N-ethyl adjacent to an activating group) is 1. The highest BCUT2D eigenvalue weighted by molar-refractivity contribution is 5.79. The van der Waals surface area contributed by atoms with E-state index in [1.165, 1.54) is 12.1 Å². The molecular weight excluding hydrogens is 445 g/mol. The third-order valence-electron chi connectivity index (χ3n) is 6.66. The highest BCUT2D eigenvalue weighted by atomic mass is 19.1. The van der Waals surface area contributed by atoms with Gasteiger partial charge in [-0.15, -0.1) is 0 Å². The molecule has 0 spiro atoms. The van der Waals surface area contributed by atoms with Gasteiger partial charge in [-0.1, -0.05) is 12.1 Å². The molecule has 1 amide bonds. The Morgan fingerprint density at radius 2 is 1.80 bits per heavy atom. The SMILES string of the molecule is Cc1cc(C)nc(-n2nc(C)c(CC(=O)N(C)CCCC3CC(c4ccc(F)cc4)NN3)c2C)n1. The Hall–Kier alpha value is -3.17. The van der Waals surface area contributed by atoms with Crippen molar-refractivity contribution in [2.75, 3.05) is 13.6 Å². The van der Waals surface area contributed by atoms with Crippen molar-refractivity contribution < 1.29 is 9.18 Å². The van der Waals surface area contributed by atoms with E-state index in [0.717, 1.165) is 53.2 Å². The fraction of sp³-hybridized carbons (Fsp3) is 0.462. The predicted octanol–water partition coefficient (Wildman–Crippen LogP) is 3.42. The van der Waals surface area contributed by atoms with E-state index < -0.39 is 0 Å². The van der Waals surface area contributed by atoms with Crippen LogP contribution in [-0.2, 0) is 11.2 Å². The first-order valence-corrected chi connectivity index (χ1v) is 12.1. The number of halogens is 1. The molecule has 9 heteroatoms. The molecule has 2 aromatic heterocycles.